The number of nitrogens with two attached hydrogens (primary N) is 1. The summed E-state index contributed by atoms with van der Waals surface area (Å²) in [5.74, 6) is -0.0760. The third-order valence-corrected chi connectivity index (χ3v) is 8.22. The Hall–Kier alpha value is -4.22. The van der Waals surface area contributed by atoms with Gasteiger partial charge in [-0.25, -0.2) is 9.78 Å². The summed E-state index contributed by atoms with van der Waals surface area (Å²) >= 11 is 0. The molecule has 1 saturated heterocycles. The van der Waals surface area contributed by atoms with E-state index in [9.17, 15) is 14.4 Å². The van der Waals surface area contributed by atoms with E-state index in [2.05, 4.69) is 22.5 Å². The first-order chi connectivity index (χ1) is 21.1. The third-order valence-electron chi connectivity index (χ3n) is 8.22. The van der Waals surface area contributed by atoms with Gasteiger partial charge in [0.1, 0.15) is 12.1 Å². The quantitative estimate of drug-likeness (QED) is 0.322. The molecule has 0 spiro atoms. The first-order valence-electron chi connectivity index (χ1n) is 15.2. The Morgan fingerprint density at radius 1 is 1.07 bits per heavy atom. The van der Waals surface area contributed by atoms with Gasteiger partial charge in [-0.15, -0.1) is 0 Å². The minimum Gasteiger partial charge on any atom is -0.443 e. The number of amides is 3. The van der Waals surface area contributed by atoms with Crippen LogP contribution in [0.5, 0.6) is 0 Å². The number of hydrogen-bond acceptors (Lipinski definition) is 7. The Bertz CT molecular complexity index is 1440. The molecule has 3 atom stereocenters. The molecule has 0 unspecified atom stereocenters. The first kappa shape index (κ1) is 31.2. The summed E-state index contributed by atoms with van der Waals surface area (Å²) in [5, 5.41) is 5.51. The molecule has 234 valence electrons. The monoisotopic (exact) mass is 602 g/mol. The van der Waals surface area contributed by atoms with Gasteiger partial charge in [-0.2, -0.15) is 0 Å². The first-order valence-corrected chi connectivity index (χ1v) is 15.2. The van der Waals surface area contributed by atoms with Crippen LogP contribution in [-0.4, -0.2) is 69.7 Å². The molecule has 3 amide bonds. The van der Waals surface area contributed by atoms with Crippen LogP contribution in [0.3, 0.4) is 0 Å². The van der Waals surface area contributed by atoms with Gasteiger partial charge in [-0.3, -0.25) is 9.59 Å². The van der Waals surface area contributed by atoms with Gasteiger partial charge in [0.25, 0.3) is 5.91 Å². The number of aromatic nitrogens is 2. The standard InChI is InChI=1S/C33H42N6O5/c1-22-13-15-38(16-14-22)32(42)44-27-17-24-11-7-8-12-25(24)29(27)39-18-28(35-21-39)37-30(40)26(36-31(41)33(2,3)34)20-43-19-23-9-5-4-6-10-23/h4-12,18,21-22,26-27,29H,13-17,19-20,34H2,1-3H3,(H,36,41)(H,37,40)/t26-,27+,29+/m1/s1. The predicted molar refractivity (Wildman–Crippen MR) is 166 cm³/mol. The highest BCUT2D eigenvalue weighted by atomic mass is 16.6. The second kappa shape index (κ2) is 13.6. The average molecular weight is 603 g/mol. The third kappa shape index (κ3) is 7.64. The molecule has 1 aliphatic carbocycles. The second-order valence-corrected chi connectivity index (χ2v) is 12.4. The number of anilines is 1. The van der Waals surface area contributed by atoms with Gasteiger partial charge in [-0.1, -0.05) is 61.5 Å². The number of carbonyl (C=O) groups excluding carboxylic acids is 3. The lowest BCUT2D eigenvalue weighted by molar-refractivity contribution is -0.130. The van der Waals surface area contributed by atoms with Crippen molar-refractivity contribution in [1.82, 2.24) is 19.8 Å². The number of nitrogens with one attached hydrogen (secondary N) is 2. The van der Waals surface area contributed by atoms with Gasteiger partial charge in [0.2, 0.25) is 5.91 Å². The van der Waals surface area contributed by atoms with Gasteiger partial charge in [0.15, 0.2) is 5.82 Å². The Labute approximate surface area is 258 Å². The van der Waals surface area contributed by atoms with E-state index < -0.39 is 29.5 Å². The van der Waals surface area contributed by atoms with Gasteiger partial charge >= 0.3 is 6.09 Å². The van der Waals surface area contributed by atoms with Crippen molar-refractivity contribution in [2.24, 2.45) is 11.7 Å². The molecule has 2 heterocycles. The maximum atomic E-state index is 13.4. The fourth-order valence-electron chi connectivity index (χ4n) is 5.55. The minimum atomic E-state index is -1.19. The smallest absolute Gasteiger partial charge is 0.410 e. The van der Waals surface area contributed by atoms with Crippen LogP contribution in [0, 0.1) is 5.92 Å². The number of benzene rings is 2. The number of imidazole rings is 1. The van der Waals surface area contributed by atoms with E-state index in [1.165, 1.54) is 0 Å². The largest absolute Gasteiger partial charge is 0.443 e. The maximum absolute atomic E-state index is 13.4. The van der Waals surface area contributed by atoms with Crippen LogP contribution in [0.4, 0.5) is 10.6 Å². The topological polar surface area (TPSA) is 141 Å². The highest BCUT2D eigenvalue weighted by Crippen LogP contribution is 2.37. The molecule has 44 heavy (non-hydrogen) atoms. The molecule has 0 bridgehead atoms. The summed E-state index contributed by atoms with van der Waals surface area (Å²) in [5.41, 5.74) is 7.87. The molecule has 5 rings (SSSR count). The van der Waals surface area contributed by atoms with Crippen LogP contribution in [0.15, 0.2) is 67.1 Å². The Balaban J connectivity index is 1.28. The number of ether oxygens (including phenoxy) is 2. The van der Waals surface area contributed by atoms with Crippen molar-refractivity contribution in [1.29, 1.82) is 0 Å². The molecule has 1 aromatic heterocycles. The van der Waals surface area contributed by atoms with E-state index in [1.807, 2.05) is 59.2 Å². The Kier molecular flexibility index (Phi) is 9.65. The van der Waals surface area contributed by atoms with Crippen LogP contribution in [-0.2, 0) is 32.1 Å². The number of rotatable bonds is 10. The van der Waals surface area contributed by atoms with E-state index >= 15 is 0 Å². The fourth-order valence-corrected chi connectivity index (χ4v) is 5.55. The summed E-state index contributed by atoms with van der Waals surface area (Å²) in [6.45, 7) is 6.94. The lowest BCUT2D eigenvalue weighted by atomic mass is 10.00. The molecular weight excluding hydrogens is 560 g/mol. The number of piperidine rings is 1. The average Bonchev–Trinajstić information content (AvgIpc) is 3.60. The highest BCUT2D eigenvalue weighted by molar-refractivity contribution is 5.98. The van der Waals surface area contributed by atoms with E-state index in [0.717, 1.165) is 29.5 Å². The van der Waals surface area contributed by atoms with E-state index in [1.54, 1.807) is 31.3 Å². The normalized spacial score (nSPS) is 19.2. The van der Waals surface area contributed by atoms with Crippen molar-refractivity contribution in [3.63, 3.8) is 0 Å². The van der Waals surface area contributed by atoms with Crippen LogP contribution in [0.1, 0.15) is 56.3 Å². The van der Waals surface area contributed by atoms with Crippen molar-refractivity contribution in [2.45, 2.75) is 70.4 Å². The Morgan fingerprint density at radius 3 is 2.50 bits per heavy atom. The van der Waals surface area contributed by atoms with Crippen LogP contribution in [0.25, 0.3) is 0 Å². The van der Waals surface area contributed by atoms with Gasteiger partial charge in [0, 0.05) is 25.7 Å². The van der Waals surface area contributed by atoms with Crippen molar-refractivity contribution < 1.29 is 23.9 Å². The number of fused-ring (bicyclic) bond motifs is 1. The molecule has 1 aliphatic heterocycles. The van der Waals surface area contributed by atoms with Gasteiger partial charge in [-0.05, 0) is 49.3 Å². The zero-order valence-electron chi connectivity index (χ0n) is 25.6. The van der Waals surface area contributed by atoms with Crippen LogP contribution < -0.4 is 16.4 Å². The molecule has 0 saturated carbocycles. The SMILES string of the molecule is CC1CCN(C(=O)O[C@H]2Cc3ccccc3[C@@H]2n2cnc(NC(=O)[C@@H](COCc3ccccc3)NC(=O)C(C)(C)N)c2)CC1. The molecule has 0 radical (unpaired) electrons. The molecule has 2 aromatic carbocycles. The number of hydrogen-bond donors (Lipinski definition) is 3. The van der Waals surface area contributed by atoms with Crippen molar-refractivity contribution in [3.05, 3.63) is 83.8 Å². The minimum absolute atomic E-state index is 0.0629. The molecule has 3 aromatic rings. The molecule has 1 fully saturated rings. The zero-order valence-corrected chi connectivity index (χ0v) is 25.6. The van der Waals surface area contributed by atoms with E-state index in [4.69, 9.17) is 15.2 Å². The maximum Gasteiger partial charge on any atom is 0.410 e. The summed E-state index contributed by atoms with van der Waals surface area (Å²) in [6, 6.07) is 16.2. The molecular formula is C33H42N6O5. The highest BCUT2D eigenvalue weighted by Gasteiger charge is 2.38. The number of likely N-dealkylation sites (tertiary alicyclic amines) is 1. The van der Waals surface area contributed by atoms with Gasteiger partial charge < -0.3 is 35.3 Å². The number of nitrogens with zero attached hydrogens (tertiary/aromatic N) is 3. The van der Waals surface area contributed by atoms with Crippen LogP contribution in [0.2, 0.25) is 0 Å². The van der Waals surface area contributed by atoms with Crippen molar-refractivity contribution >= 4 is 23.7 Å². The van der Waals surface area contributed by atoms with Crippen LogP contribution >= 0.6 is 0 Å². The van der Waals surface area contributed by atoms with Crippen molar-refractivity contribution in [3.8, 4) is 0 Å². The molecule has 11 heteroatoms. The zero-order chi connectivity index (χ0) is 31.3. The second-order valence-electron chi connectivity index (χ2n) is 12.4. The molecule has 11 nitrogen and oxygen atoms in total. The van der Waals surface area contributed by atoms with Gasteiger partial charge in [0.05, 0.1) is 31.1 Å². The van der Waals surface area contributed by atoms with E-state index in [0.29, 0.717) is 31.2 Å². The predicted octanol–water partition coefficient (Wildman–Crippen LogP) is 3.64. The van der Waals surface area contributed by atoms with Crippen molar-refractivity contribution in [2.75, 3.05) is 25.0 Å². The fraction of sp³-hybridized carbons (Fsp3) is 0.455. The Morgan fingerprint density at radius 2 is 1.77 bits per heavy atom. The summed E-state index contributed by atoms with van der Waals surface area (Å²) in [6.07, 6.45) is 5.12. The lowest BCUT2D eigenvalue weighted by Crippen LogP contribution is -2.56. The summed E-state index contributed by atoms with van der Waals surface area (Å²) < 4.78 is 13.7. The molecule has 4 N–H and O–H groups in total. The lowest BCUT2D eigenvalue weighted by Gasteiger charge is -2.31. The molecule has 2 aliphatic rings. The summed E-state index contributed by atoms with van der Waals surface area (Å²) in [7, 11) is 0. The summed E-state index contributed by atoms with van der Waals surface area (Å²) in [4.78, 5) is 45.4. The number of carbonyl (C=O) groups is 3. The van der Waals surface area contributed by atoms with E-state index in [-0.39, 0.29) is 25.3 Å².